The largest absolute Gasteiger partial charge is 0.314 e. The van der Waals surface area contributed by atoms with Crippen LogP contribution < -0.4 is 5.32 Å². The topological polar surface area (TPSA) is 12.0 Å². The summed E-state index contributed by atoms with van der Waals surface area (Å²) in [6, 6.07) is 11.1. The molecule has 74 valence electrons. The highest BCUT2D eigenvalue weighted by Gasteiger charge is 2.14. The quantitative estimate of drug-likeness (QED) is 0.767. The fraction of sp³-hybridized carbons (Fsp3) is 0.385. The van der Waals surface area contributed by atoms with Crippen LogP contribution in [0.2, 0.25) is 0 Å². The lowest BCUT2D eigenvalue weighted by molar-refractivity contribution is 0.622. The molecule has 1 aromatic rings. The average molecular weight is 187 g/mol. The van der Waals surface area contributed by atoms with E-state index < -0.39 is 0 Å². The van der Waals surface area contributed by atoms with Crippen molar-refractivity contribution in [3.8, 4) is 0 Å². The molecule has 0 spiro atoms. The van der Waals surface area contributed by atoms with Crippen LogP contribution in [-0.2, 0) is 0 Å². The molecule has 0 aromatic heterocycles. The molecule has 1 fully saturated rings. The summed E-state index contributed by atoms with van der Waals surface area (Å²) in [7, 11) is 0. The Balaban J connectivity index is 1.95. The minimum absolute atomic E-state index is 0.655. The molecule has 1 nitrogen and oxygen atoms in total. The summed E-state index contributed by atoms with van der Waals surface area (Å²) in [5.41, 5.74) is 2.53. The molecule has 0 amide bonds. The van der Waals surface area contributed by atoms with Crippen LogP contribution in [0.5, 0.6) is 0 Å². The average Bonchev–Trinajstić information content (AvgIpc) is 2.72. The van der Waals surface area contributed by atoms with Crippen molar-refractivity contribution < 1.29 is 0 Å². The van der Waals surface area contributed by atoms with Crippen LogP contribution in [0.1, 0.15) is 24.8 Å². The summed E-state index contributed by atoms with van der Waals surface area (Å²) in [6.45, 7) is 5.32. The van der Waals surface area contributed by atoms with Crippen molar-refractivity contribution in [3.63, 3.8) is 0 Å². The molecule has 0 aliphatic carbocycles. The molecule has 1 atom stereocenters. The Hall–Kier alpha value is -1.08. The molecule has 1 saturated heterocycles. The standard InChI is InChI=1S/C13H17N/c1-11(10-13-8-5-9-14-13)12-6-3-2-4-7-12/h2-4,6-7,13-14H,1,5,8-10H2. The van der Waals surface area contributed by atoms with E-state index in [0.717, 1.165) is 6.42 Å². The number of hydrogen-bond acceptors (Lipinski definition) is 1. The van der Waals surface area contributed by atoms with Gasteiger partial charge in [-0.25, -0.2) is 0 Å². The van der Waals surface area contributed by atoms with E-state index >= 15 is 0 Å². The zero-order valence-electron chi connectivity index (χ0n) is 8.50. The molecule has 1 heteroatoms. The molecule has 0 radical (unpaired) electrons. The summed E-state index contributed by atoms with van der Waals surface area (Å²) in [5, 5.41) is 3.50. The van der Waals surface area contributed by atoms with Gasteiger partial charge in [-0.05, 0) is 36.9 Å². The molecule has 1 aliphatic heterocycles. The first kappa shape index (κ1) is 9.47. The Labute approximate surface area is 85.8 Å². The van der Waals surface area contributed by atoms with Crippen molar-refractivity contribution in [2.75, 3.05) is 6.54 Å². The van der Waals surface area contributed by atoms with Gasteiger partial charge < -0.3 is 5.32 Å². The molecule has 2 rings (SSSR count). The van der Waals surface area contributed by atoms with E-state index in [1.54, 1.807) is 0 Å². The monoisotopic (exact) mass is 187 g/mol. The molecule has 14 heavy (non-hydrogen) atoms. The normalized spacial score (nSPS) is 21.0. The van der Waals surface area contributed by atoms with Gasteiger partial charge >= 0.3 is 0 Å². The van der Waals surface area contributed by atoms with Crippen LogP contribution >= 0.6 is 0 Å². The number of rotatable bonds is 3. The van der Waals surface area contributed by atoms with Crippen LogP contribution in [0.25, 0.3) is 5.57 Å². The van der Waals surface area contributed by atoms with Crippen molar-refractivity contribution >= 4 is 5.57 Å². The summed E-state index contributed by atoms with van der Waals surface area (Å²) < 4.78 is 0. The van der Waals surface area contributed by atoms with Gasteiger partial charge in [0.2, 0.25) is 0 Å². The van der Waals surface area contributed by atoms with Gasteiger partial charge in [0.25, 0.3) is 0 Å². The van der Waals surface area contributed by atoms with Crippen molar-refractivity contribution in [1.82, 2.24) is 5.32 Å². The van der Waals surface area contributed by atoms with E-state index in [1.165, 1.54) is 30.5 Å². The van der Waals surface area contributed by atoms with Gasteiger partial charge in [0.1, 0.15) is 0 Å². The molecular formula is C13H17N. The Morgan fingerprint density at radius 1 is 1.36 bits per heavy atom. The smallest absolute Gasteiger partial charge is 0.0108 e. The van der Waals surface area contributed by atoms with Gasteiger partial charge in [-0.2, -0.15) is 0 Å². The predicted octanol–water partition coefficient (Wildman–Crippen LogP) is 2.84. The first-order valence-corrected chi connectivity index (χ1v) is 5.33. The van der Waals surface area contributed by atoms with Gasteiger partial charge in [-0.1, -0.05) is 36.9 Å². The van der Waals surface area contributed by atoms with Gasteiger partial charge in [0.05, 0.1) is 0 Å². The van der Waals surface area contributed by atoms with Crippen molar-refractivity contribution in [2.24, 2.45) is 0 Å². The predicted molar refractivity (Wildman–Crippen MR) is 61.1 cm³/mol. The SMILES string of the molecule is C=C(CC1CCCN1)c1ccccc1. The van der Waals surface area contributed by atoms with Crippen LogP contribution in [0.3, 0.4) is 0 Å². The molecule has 1 aromatic carbocycles. The summed E-state index contributed by atoms with van der Waals surface area (Å²) in [5.74, 6) is 0. The molecule has 0 saturated carbocycles. The second-order valence-electron chi connectivity index (χ2n) is 3.97. The zero-order valence-corrected chi connectivity index (χ0v) is 8.50. The Bertz CT molecular complexity index is 296. The van der Waals surface area contributed by atoms with E-state index in [-0.39, 0.29) is 0 Å². The van der Waals surface area contributed by atoms with Crippen LogP contribution in [0.15, 0.2) is 36.9 Å². The molecule has 1 unspecified atom stereocenters. The zero-order chi connectivity index (χ0) is 9.80. The molecule has 0 bridgehead atoms. The maximum atomic E-state index is 4.15. The Morgan fingerprint density at radius 3 is 2.79 bits per heavy atom. The number of benzene rings is 1. The Kier molecular flexibility index (Phi) is 3.00. The summed E-state index contributed by atoms with van der Waals surface area (Å²) >= 11 is 0. The van der Waals surface area contributed by atoms with E-state index in [9.17, 15) is 0 Å². The van der Waals surface area contributed by atoms with Gasteiger partial charge in [-0.15, -0.1) is 0 Å². The number of hydrogen-bond donors (Lipinski definition) is 1. The lowest BCUT2D eigenvalue weighted by Gasteiger charge is -2.12. The molecule has 1 N–H and O–H groups in total. The van der Waals surface area contributed by atoms with E-state index in [2.05, 4.69) is 36.2 Å². The van der Waals surface area contributed by atoms with Crippen LogP contribution in [0, 0.1) is 0 Å². The van der Waals surface area contributed by atoms with E-state index in [1.807, 2.05) is 6.07 Å². The minimum atomic E-state index is 0.655. The highest BCUT2D eigenvalue weighted by atomic mass is 14.9. The van der Waals surface area contributed by atoms with Gasteiger partial charge in [0.15, 0.2) is 0 Å². The maximum Gasteiger partial charge on any atom is 0.0108 e. The maximum absolute atomic E-state index is 4.15. The minimum Gasteiger partial charge on any atom is -0.314 e. The fourth-order valence-electron chi connectivity index (χ4n) is 2.02. The first-order valence-electron chi connectivity index (χ1n) is 5.33. The summed E-state index contributed by atoms with van der Waals surface area (Å²) in [6.07, 6.45) is 3.70. The van der Waals surface area contributed by atoms with Crippen molar-refractivity contribution in [2.45, 2.75) is 25.3 Å². The third kappa shape index (κ3) is 2.24. The molecule has 1 heterocycles. The van der Waals surface area contributed by atoms with E-state index in [4.69, 9.17) is 0 Å². The number of nitrogens with one attached hydrogen (secondary N) is 1. The summed E-state index contributed by atoms with van der Waals surface area (Å²) in [4.78, 5) is 0. The van der Waals surface area contributed by atoms with Crippen molar-refractivity contribution in [1.29, 1.82) is 0 Å². The van der Waals surface area contributed by atoms with Crippen molar-refractivity contribution in [3.05, 3.63) is 42.5 Å². The van der Waals surface area contributed by atoms with Gasteiger partial charge in [0, 0.05) is 6.04 Å². The van der Waals surface area contributed by atoms with E-state index in [0.29, 0.717) is 6.04 Å². The third-order valence-corrected chi connectivity index (χ3v) is 2.84. The Morgan fingerprint density at radius 2 is 2.14 bits per heavy atom. The molecular weight excluding hydrogens is 170 g/mol. The molecule has 1 aliphatic rings. The second kappa shape index (κ2) is 4.43. The third-order valence-electron chi connectivity index (χ3n) is 2.84. The second-order valence-corrected chi connectivity index (χ2v) is 3.97. The van der Waals surface area contributed by atoms with Crippen LogP contribution in [0.4, 0.5) is 0 Å². The highest BCUT2D eigenvalue weighted by molar-refractivity contribution is 5.63. The highest BCUT2D eigenvalue weighted by Crippen LogP contribution is 2.21. The first-order chi connectivity index (χ1) is 6.86. The van der Waals surface area contributed by atoms with Gasteiger partial charge in [-0.3, -0.25) is 0 Å². The lowest BCUT2D eigenvalue weighted by atomic mass is 9.99. The fourth-order valence-corrected chi connectivity index (χ4v) is 2.02. The van der Waals surface area contributed by atoms with Crippen LogP contribution in [-0.4, -0.2) is 12.6 Å². The lowest BCUT2D eigenvalue weighted by Crippen LogP contribution is -2.21.